The molecular weight excluding hydrogens is 242 g/mol. The number of rotatable bonds is 4. The molecule has 3 rings (SSSR count). The Kier molecular flexibility index (Phi) is 3.97. The lowest BCUT2D eigenvalue weighted by Gasteiger charge is -2.35. The number of aryl methyl sites for hydroxylation is 1. The number of piperidine rings is 1. The highest BCUT2D eigenvalue weighted by atomic mass is 32.1. The van der Waals surface area contributed by atoms with Crippen LogP contribution in [0.2, 0.25) is 0 Å². The summed E-state index contributed by atoms with van der Waals surface area (Å²) in [5, 5.41) is 4.99. The molecule has 2 aliphatic rings. The van der Waals surface area contributed by atoms with Crippen LogP contribution in [0.25, 0.3) is 0 Å². The lowest BCUT2D eigenvalue weighted by molar-refractivity contribution is 0.166. The molecule has 0 aromatic carbocycles. The van der Waals surface area contributed by atoms with Crippen molar-refractivity contribution in [2.75, 3.05) is 13.1 Å². The van der Waals surface area contributed by atoms with Crippen LogP contribution < -0.4 is 5.32 Å². The lowest BCUT2D eigenvalue weighted by atomic mass is 9.97. The fraction of sp³-hybridized carbons (Fsp3) is 0.786. The van der Waals surface area contributed by atoms with Crippen LogP contribution in [0.15, 0.2) is 6.20 Å². The van der Waals surface area contributed by atoms with Crippen molar-refractivity contribution in [3.63, 3.8) is 0 Å². The lowest BCUT2D eigenvalue weighted by Crippen LogP contribution is -2.45. The molecule has 0 bridgehead atoms. The van der Waals surface area contributed by atoms with E-state index in [2.05, 4.69) is 22.1 Å². The van der Waals surface area contributed by atoms with Crippen molar-refractivity contribution >= 4 is 11.3 Å². The molecule has 1 aromatic rings. The third kappa shape index (κ3) is 2.76. The van der Waals surface area contributed by atoms with Crippen molar-refractivity contribution < 1.29 is 0 Å². The topological polar surface area (TPSA) is 28.2 Å². The monoisotopic (exact) mass is 265 g/mol. The maximum Gasteiger partial charge on any atom is 0.0925 e. The highest BCUT2D eigenvalue weighted by molar-refractivity contribution is 7.11. The highest BCUT2D eigenvalue weighted by Crippen LogP contribution is 2.27. The maximum atomic E-state index is 4.42. The second kappa shape index (κ2) is 5.68. The number of hydrogen-bond acceptors (Lipinski definition) is 4. The van der Waals surface area contributed by atoms with Gasteiger partial charge in [0.1, 0.15) is 0 Å². The second-order valence-corrected chi connectivity index (χ2v) is 6.71. The van der Waals surface area contributed by atoms with Gasteiger partial charge in [-0.2, -0.15) is 0 Å². The van der Waals surface area contributed by atoms with Crippen molar-refractivity contribution in [3.05, 3.63) is 16.1 Å². The second-order valence-electron chi connectivity index (χ2n) is 5.51. The van der Waals surface area contributed by atoms with Gasteiger partial charge >= 0.3 is 0 Å². The summed E-state index contributed by atoms with van der Waals surface area (Å²) in [5.74, 6) is 0. The minimum absolute atomic E-state index is 0.719. The molecule has 3 nitrogen and oxygen atoms in total. The van der Waals surface area contributed by atoms with Crippen LogP contribution in [0.3, 0.4) is 0 Å². The summed E-state index contributed by atoms with van der Waals surface area (Å²) in [6, 6.07) is 1.58. The Morgan fingerprint density at radius 2 is 2.39 bits per heavy atom. The first-order valence-electron chi connectivity index (χ1n) is 7.26. The highest BCUT2D eigenvalue weighted by Gasteiger charge is 2.31. The summed E-state index contributed by atoms with van der Waals surface area (Å²) in [7, 11) is 0. The summed E-state index contributed by atoms with van der Waals surface area (Å²) in [6.45, 7) is 5.82. The van der Waals surface area contributed by atoms with Crippen molar-refractivity contribution in [2.45, 2.75) is 57.7 Å². The largest absolute Gasteiger partial charge is 0.309 e. The van der Waals surface area contributed by atoms with Gasteiger partial charge in [-0.1, -0.05) is 6.92 Å². The maximum absolute atomic E-state index is 4.42. The van der Waals surface area contributed by atoms with Gasteiger partial charge in [0.25, 0.3) is 0 Å². The number of nitrogens with one attached hydrogen (secondary N) is 1. The predicted octanol–water partition coefficient (Wildman–Crippen LogP) is 2.42. The van der Waals surface area contributed by atoms with Gasteiger partial charge in [-0.25, -0.2) is 4.98 Å². The Labute approximate surface area is 114 Å². The molecule has 1 N–H and O–H groups in total. The van der Waals surface area contributed by atoms with Crippen LogP contribution in [0.5, 0.6) is 0 Å². The van der Waals surface area contributed by atoms with Gasteiger partial charge in [0, 0.05) is 29.7 Å². The molecule has 0 spiro atoms. The predicted molar refractivity (Wildman–Crippen MR) is 75.9 cm³/mol. The quantitative estimate of drug-likeness (QED) is 0.906. The number of thiazole rings is 1. The van der Waals surface area contributed by atoms with E-state index < -0.39 is 0 Å². The van der Waals surface area contributed by atoms with Crippen molar-refractivity contribution in [2.24, 2.45) is 0 Å². The van der Waals surface area contributed by atoms with Gasteiger partial charge in [-0.05, 0) is 45.2 Å². The molecule has 100 valence electrons. The zero-order valence-corrected chi connectivity index (χ0v) is 12.0. The Morgan fingerprint density at radius 3 is 3.22 bits per heavy atom. The summed E-state index contributed by atoms with van der Waals surface area (Å²) < 4.78 is 0. The van der Waals surface area contributed by atoms with Gasteiger partial charge in [-0.3, -0.25) is 0 Å². The third-order valence-corrected chi connectivity index (χ3v) is 5.43. The average Bonchev–Trinajstić information content (AvgIpc) is 3.04. The van der Waals surface area contributed by atoms with Gasteiger partial charge in [-0.15, -0.1) is 11.3 Å². The number of hydrogen-bond donors (Lipinski definition) is 1. The Balaban J connectivity index is 1.48. The summed E-state index contributed by atoms with van der Waals surface area (Å²) >= 11 is 1.86. The fourth-order valence-corrected chi connectivity index (χ4v) is 4.06. The molecule has 3 heterocycles. The van der Waals surface area contributed by atoms with E-state index in [9.17, 15) is 0 Å². The van der Waals surface area contributed by atoms with Crippen LogP contribution >= 0.6 is 11.3 Å². The molecule has 0 saturated carbocycles. The number of nitrogens with zero attached hydrogens (tertiary/aromatic N) is 2. The number of fused-ring (bicyclic) bond motifs is 1. The first kappa shape index (κ1) is 12.6. The van der Waals surface area contributed by atoms with Gasteiger partial charge < -0.3 is 10.2 Å². The van der Waals surface area contributed by atoms with E-state index in [1.807, 2.05) is 17.5 Å². The molecule has 2 unspecified atom stereocenters. The van der Waals surface area contributed by atoms with E-state index in [1.54, 1.807) is 0 Å². The van der Waals surface area contributed by atoms with E-state index in [0.29, 0.717) is 0 Å². The molecule has 18 heavy (non-hydrogen) atoms. The molecule has 0 aliphatic carbocycles. The van der Waals surface area contributed by atoms with Crippen LogP contribution in [0.4, 0.5) is 0 Å². The fourth-order valence-electron chi connectivity index (χ4n) is 3.25. The molecule has 2 aliphatic heterocycles. The number of aromatic nitrogens is 1. The minimum atomic E-state index is 0.719. The average molecular weight is 265 g/mol. The van der Waals surface area contributed by atoms with E-state index in [1.165, 1.54) is 48.7 Å². The molecular formula is C14H23N3S. The van der Waals surface area contributed by atoms with Gasteiger partial charge in [0.15, 0.2) is 0 Å². The molecule has 0 amide bonds. The van der Waals surface area contributed by atoms with E-state index in [-0.39, 0.29) is 0 Å². The Morgan fingerprint density at radius 1 is 1.44 bits per heavy atom. The third-order valence-electron chi connectivity index (χ3n) is 4.29. The summed E-state index contributed by atoms with van der Waals surface area (Å²) in [6.07, 6.45) is 8.59. The van der Waals surface area contributed by atoms with E-state index in [0.717, 1.165) is 25.0 Å². The van der Waals surface area contributed by atoms with Crippen molar-refractivity contribution in [3.8, 4) is 0 Å². The van der Waals surface area contributed by atoms with Crippen LogP contribution in [0, 0.1) is 0 Å². The SMILES string of the molecule is CCc1ncc(CNC2CCN3CCCC3C2)s1. The molecule has 4 heteroatoms. The van der Waals surface area contributed by atoms with Crippen molar-refractivity contribution in [1.82, 2.24) is 15.2 Å². The van der Waals surface area contributed by atoms with E-state index >= 15 is 0 Å². The first-order valence-corrected chi connectivity index (χ1v) is 8.08. The smallest absolute Gasteiger partial charge is 0.0925 e. The van der Waals surface area contributed by atoms with Crippen molar-refractivity contribution in [1.29, 1.82) is 0 Å². The zero-order chi connectivity index (χ0) is 12.4. The molecule has 0 radical (unpaired) electrons. The van der Waals surface area contributed by atoms with Gasteiger partial charge in [0.05, 0.1) is 5.01 Å². The molecule has 2 atom stereocenters. The Hall–Kier alpha value is -0.450. The first-order chi connectivity index (χ1) is 8.85. The summed E-state index contributed by atoms with van der Waals surface area (Å²) in [5.41, 5.74) is 0. The Bertz CT molecular complexity index is 390. The normalized spacial score (nSPS) is 28.5. The summed E-state index contributed by atoms with van der Waals surface area (Å²) in [4.78, 5) is 8.49. The minimum Gasteiger partial charge on any atom is -0.309 e. The molecule has 2 saturated heterocycles. The van der Waals surface area contributed by atoms with Crippen LogP contribution in [0.1, 0.15) is 42.5 Å². The van der Waals surface area contributed by atoms with Crippen LogP contribution in [-0.4, -0.2) is 35.1 Å². The van der Waals surface area contributed by atoms with Gasteiger partial charge in [0.2, 0.25) is 0 Å². The van der Waals surface area contributed by atoms with Crippen LogP contribution in [-0.2, 0) is 13.0 Å². The van der Waals surface area contributed by atoms with E-state index in [4.69, 9.17) is 0 Å². The standard InChI is InChI=1S/C14H23N3S/c1-2-14-16-10-13(18-14)9-15-11-5-7-17-6-3-4-12(17)8-11/h10-12,15H,2-9H2,1H3. The zero-order valence-electron chi connectivity index (χ0n) is 11.2. The molecule has 2 fully saturated rings. The molecule has 1 aromatic heterocycles.